The molecule has 16 nitrogen and oxygen atoms in total. The molecule has 5 rings (SSSR count). The van der Waals surface area contributed by atoms with Crippen molar-refractivity contribution in [2.24, 2.45) is 0 Å². The number of anilines is 7. The number of hydrogen-bond acceptors (Lipinski definition) is 14. The van der Waals surface area contributed by atoms with Crippen molar-refractivity contribution < 1.29 is 31.1 Å². The van der Waals surface area contributed by atoms with Gasteiger partial charge in [-0.05, 0) is 26.7 Å². The highest BCUT2D eigenvalue weighted by Crippen LogP contribution is 2.44. The van der Waals surface area contributed by atoms with E-state index in [1.165, 1.54) is 27.9 Å². The summed E-state index contributed by atoms with van der Waals surface area (Å²) in [5.74, 6) is -3.02. The summed E-state index contributed by atoms with van der Waals surface area (Å²) in [5, 5.41) is 25.5. The van der Waals surface area contributed by atoms with Gasteiger partial charge in [0.25, 0.3) is 11.1 Å². The second-order valence-electron chi connectivity index (χ2n) is 11.5. The summed E-state index contributed by atoms with van der Waals surface area (Å²) in [4.78, 5) is 42.8. The van der Waals surface area contributed by atoms with Crippen LogP contribution in [0.5, 0.6) is 0 Å². The Morgan fingerprint density at radius 2 is 1.49 bits per heavy atom. The van der Waals surface area contributed by atoms with Gasteiger partial charge in [-0.15, -0.1) is 5.10 Å². The first-order chi connectivity index (χ1) is 24.0. The molecule has 51 heavy (non-hydrogen) atoms. The first kappa shape index (κ1) is 36.4. The molecule has 0 amide bonds. The largest absolute Gasteiger partial charge is 0.421 e. The van der Waals surface area contributed by atoms with Crippen molar-refractivity contribution in [2.75, 3.05) is 48.2 Å². The Morgan fingerprint density at radius 1 is 0.882 bits per heavy atom. The molecule has 5 heterocycles. The molecule has 3 N–H and O–H groups in total. The average Bonchev–Trinajstić information content (AvgIpc) is 3.08. The summed E-state index contributed by atoms with van der Waals surface area (Å²) >= 11 is 0. The van der Waals surface area contributed by atoms with Crippen molar-refractivity contribution in [1.29, 1.82) is 5.26 Å². The summed E-state index contributed by atoms with van der Waals surface area (Å²) in [5.41, 5.74) is -7.09. The first-order valence-electron chi connectivity index (χ1n) is 15.0. The highest BCUT2D eigenvalue weighted by atomic mass is 19.4. The number of nitrogens with zero attached hydrogens (tertiary/aromatic N) is 10. The number of halogens is 6. The Balaban J connectivity index is 1.89. The van der Waals surface area contributed by atoms with Gasteiger partial charge in [-0.2, -0.15) is 46.7 Å². The normalized spacial score (nSPS) is 14.1. The Labute approximate surface area is 284 Å². The van der Waals surface area contributed by atoms with Gasteiger partial charge in [0, 0.05) is 51.8 Å². The highest BCUT2D eigenvalue weighted by Gasteiger charge is 2.40. The maximum Gasteiger partial charge on any atom is 0.421 e. The zero-order valence-corrected chi connectivity index (χ0v) is 27.3. The van der Waals surface area contributed by atoms with Crippen LogP contribution in [0.25, 0.3) is 0 Å². The number of alkyl halides is 6. The quantitative estimate of drug-likeness (QED) is 0.207. The van der Waals surface area contributed by atoms with Crippen LogP contribution in [0.4, 0.5) is 67.1 Å². The van der Waals surface area contributed by atoms with Gasteiger partial charge in [0.05, 0.1) is 29.7 Å². The molecule has 4 aromatic heterocycles. The summed E-state index contributed by atoms with van der Waals surface area (Å²) in [6, 6.07) is 2.94. The maximum atomic E-state index is 14.7. The van der Waals surface area contributed by atoms with Crippen molar-refractivity contribution in [3.8, 4) is 6.07 Å². The van der Waals surface area contributed by atoms with Crippen molar-refractivity contribution in [3.63, 3.8) is 0 Å². The lowest BCUT2D eigenvalue weighted by Gasteiger charge is -2.30. The Bertz CT molecular complexity index is 2090. The van der Waals surface area contributed by atoms with Gasteiger partial charge in [0.15, 0.2) is 11.6 Å². The number of ether oxygens (including phenoxy) is 1. The van der Waals surface area contributed by atoms with E-state index in [0.29, 0.717) is 17.3 Å². The molecule has 0 aliphatic carbocycles. The monoisotopic (exact) mass is 721 g/mol. The zero-order valence-electron chi connectivity index (χ0n) is 27.3. The second-order valence-corrected chi connectivity index (χ2v) is 11.5. The molecule has 0 radical (unpaired) electrons. The van der Waals surface area contributed by atoms with Crippen LogP contribution < -0.4 is 32.0 Å². The van der Waals surface area contributed by atoms with Crippen LogP contribution in [-0.2, 0) is 22.6 Å². The molecular weight excluding hydrogens is 692 g/mol. The van der Waals surface area contributed by atoms with E-state index in [0.717, 1.165) is 27.7 Å². The van der Waals surface area contributed by atoms with E-state index in [9.17, 15) is 41.2 Å². The molecule has 0 atom stereocenters. The number of nitrogens with one attached hydrogen (secondary N) is 3. The van der Waals surface area contributed by atoms with Gasteiger partial charge in [-0.3, -0.25) is 14.5 Å². The molecule has 1 aliphatic rings. The smallest absolute Gasteiger partial charge is 0.381 e. The average molecular weight is 722 g/mol. The summed E-state index contributed by atoms with van der Waals surface area (Å²) in [6.45, 7) is 3.17. The fourth-order valence-electron chi connectivity index (χ4n) is 5.04. The summed E-state index contributed by atoms with van der Waals surface area (Å²) in [7, 11) is 2.67. The van der Waals surface area contributed by atoms with E-state index in [-0.39, 0.29) is 38.0 Å². The van der Waals surface area contributed by atoms with Crippen LogP contribution in [-0.4, -0.2) is 66.8 Å². The van der Waals surface area contributed by atoms with E-state index >= 15 is 0 Å². The van der Waals surface area contributed by atoms with E-state index in [1.807, 2.05) is 6.07 Å². The molecule has 1 fully saturated rings. The van der Waals surface area contributed by atoms with Crippen LogP contribution in [0, 0.1) is 11.3 Å². The molecule has 0 aromatic carbocycles. The van der Waals surface area contributed by atoms with E-state index in [4.69, 9.17) is 4.74 Å². The number of aromatic nitrogens is 8. The van der Waals surface area contributed by atoms with Crippen LogP contribution in [0.1, 0.15) is 43.9 Å². The molecule has 0 unspecified atom stereocenters. The van der Waals surface area contributed by atoms with Gasteiger partial charge < -0.3 is 20.7 Å². The molecule has 0 saturated carbocycles. The molecule has 270 valence electrons. The third-order valence-corrected chi connectivity index (χ3v) is 7.61. The maximum absolute atomic E-state index is 14.7. The van der Waals surface area contributed by atoms with Gasteiger partial charge >= 0.3 is 12.4 Å². The van der Waals surface area contributed by atoms with Crippen molar-refractivity contribution >= 4 is 40.7 Å². The molecule has 4 aromatic rings. The molecule has 1 aliphatic heterocycles. The predicted molar refractivity (Wildman–Crippen MR) is 169 cm³/mol. The number of rotatable bonds is 9. The van der Waals surface area contributed by atoms with Crippen molar-refractivity contribution in [2.45, 2.75) is 50.6 Å². The lowest BCUT2D eigenvalue weighted by molar-refractivity contribution is -0.138. The van der Waals surface area contributed by atoms with E-state index < -0.39 is 75.0 Å². The van der Waals surface area contributed by atoms with E-state index in [1.54, 1.807) is 0 Å². The van der Waals surface area contributed by atoms with Crippen LogP contribution in [0.2, 0.25) is 0 Å². The first-order valence-corrected chi connectivity index (χ1v) is 15.0. The Hall–Kier alpha value is -5.85. The van der Waals surface area contributed by atoms with Crippen molar-refractivity contribution in [3.05, 3.63) is 62.6 Å². The zero-order chi connectivity index (χ0) is 37.3. The van der Waals surface area contributed by atoms with Crippen LogP contribution >= 0.6 is 0 Å². The minimum atomic E-state index is -5.13. The van der Waals surface area contributed by atoms with Gasteiger partial charge in [-0.25, -0.2) is 19.3 Å². The third-order valence-electron chi connectivity index (χ3n) is 7.61. The highest BCUT2D eigenvalue weighted by molar-refractivity contribution is 5.83. The molecule has 0 spiro atoms. The fraction of sp³-hybridized carbons (Fsp3) is 0.414. The number of nitriles is 1. The predicted octanol–water partition coefficient (Wildman–Crippen LogP) is 4.32. The lowest BCUT2D eigenvalue weighted by atomic mass is 10.1. The van der Waals surface area contributed by atoms with Gasteiger partial charge in [0.1, 0.15) is 22.5 Å². The Morgan fingerprint density at radius 3 is 2.06 bits per heavy atom. The molecule has 22 heteroatoms. The van der Waals surface area contributed by atoms with Crippen LogP contribution in [0.15, 0.2) is 40.3 Å². The molecule has 1 saturated heterocycles. The SMILES string of the molecule is CNc1ncc(C(F)(F)F)c(Nc2cc(=O)n(C3CCOCC3)nc2N(c2cnn(C(C)(C)C#N)c(=O)c2)c2nc(NC)ncc2C(F)(F)F)n1. The van der Waals surface area contributed by atoms with Gasteiger partial charge in [-0.1, -0.05) is 0 Å². The van der Waals surface area contributed by atoms with Crippen molar-refractivity contribution in [1.82, 2.24) is 39.5 Å². The fourth-order valence-corrected chi connectivity index (χ4v) is 5.04. The van der Waals surface area contributed by atoms with Gasteiger partial charge in [0.2, 0.25) is 11.9 Å². The lowest BCUT2D eigenvalue weighted by Crippen LogP contribution is -2.37. The molecule has 0 bridgehead atoms. The van der Waals surface area contributed by atoms with E-state index in [2.05, 4.69) is 46.1 Å². The molecular formula is C29H29F6N13O3. The standard InChI is InChI=1S/C29H29F6N13O3/c1-27(2,14-36)48-21(50)9-16(11-41-48)46(23-18(29(33,34)35)13-40-26(38-4)44-23)24-19(10-20(49)47(45-24)15-5-7-51-8-6-15)42-22-17(28(30,31)32)12-39-25(37-3)43-22/h9-13,15H,5-8H2,1-4H3,(H,38,40,44)(H2,37,39,42,43). The minimum Gasteiger partial charge on any atom is -0.381 e. The summed E-state index contributed by atoms with van der Waals surface area (Å²) in [6.07, 6.45) is -7.75. The Kier molecular flexibility index (Phi) is 9.87. The second kappa shape index (κ2) is 13.8. The topological polar surface area (TPSA) is 194 Å². The number of hydrogen-bond donors (Lipinski definition) is 3. The third kappa shape index (κ3) is 7.52. The van der Waals surface area contributed by atoms with Crippen LogP contribution in [0.3, 0.4) is 0 Å². The minimum absolute atomic E-state index is 0.215. The summed E-state index contributed by atoms with van der Waals surface area (Å²) < 4.78 is 93.7.